The van der Waals surface area contributed by atoms with Gasteiger partial charge in [-0.1, -0.05) is 13.3 Å². The maximum Gasteiger partial charge on any atom is 0.338 e. The number of H-pyrrole nitrogens is 1. The molecule has 0 radical (unpaired) electrons. The number of benzene rings is 1. The Balaban J connectivity index is 2.03. The van der Waals surface area contributed by atoms with E-state index in [0.717, 1.165) is 17.7 Å². The van der Waals surface area contributed by atoms with Gasteiger partial charge in [-0.25, -0.2) is 9.78 Å². The largest absolute Gasteiger partial charge is 0.462 e. The van der Waals surface area contributed by atoms with E-state index >= 15 is 0 Å². The number of aromatic amines is 1. The molecule has 0 atom stereocenters. The molecule has 0 saturated heterocycles. The van der Waals surface area contributed by atoms with Crippen LogP contribution in [0.5, 0.6) is 0 Å². The van der Waals surface area contributed by atoms with Crippen LogP contribution in [0, 0.1) is 0 Å². The molecule has 1 aromatic carbocycles. The molecule has 0 unspecified atom stereocenters. The lowest BCUT2D eigenvalue weighted by Crippen LogP contribution is -2.07. The Morgan fingerprint density at radius 1 is 1.50 bits per heavy atom. The van der Waals surface area contributed by atoms with Crippen molar-refractivity contribution in [1.82, 2.24) is 15.2 Å². The van der Waals surface area contributed by atoms with Crippen LogP contribution in [0.3, 0.4) is 0 Å². The average Bonchev–Trinajstić information content (AvgIpc) is 2.94. The molecule has 7 heteroatoms. The molecule has 106 valence electrons. The van der Waals surface area contributed by atoms with Crippen LogP contribution in [-0.2, 0) is 4.74 Å². The topological polar surface area (TPSA) is 93.9 Å². The van der Waals surface area contributed by atoms with E-state index in [4.69, 9.17) is 10.5 Å². The fourth-order valence-electron chi connectivity index (χ4n) is 1.51. The summed E-state index contributed by atoms with van der Waals surface area (Å²) < 4.78 is 5.14. The zero-order valence-electron chi connectivity index (χ0n) is 11.1. The van der Waals surface area contributed by atoms with E-state index in [2.05, 4.69) is 15.2 Å². The molecule has 1 heterocycles. The zero-order chi connectivity index (χ0) is 14.4. The first-order chi connectivity index (χ1) is 9.70. The number of aromatic nitrogens is 3. The summed E-state index contributed by atoms with van der Waals surface area (Å²) in [6.45, 7) is 2.48. The number of esters is 1. The lowest BCUT2D eigenvalue weighted by Gasteiger charge is -2.07. The standard InChI is InChI=1S/C13H16N4O2S/c1-2-3-6-19-12(18)9-4-5-11(10(14)7-9)20-13-15-8-16-17-13/h4-5,7-8H,2-3,6,14H2,1H3,(H,15,16,17). The summed E-state index contributed by atoms with van der Waals surface area (Å²) in [5, 5.41) is 7.15. The summed E-state index contributed by atoms with van der Waals surface area (Å²) in [5.41, 5.74) is 6.91. The Hall–Kier alpha value is -2.02. The molecule has 2 rings (SSSR count). The first kappa shape index (κ1) is 14.4. The van der Waals surface area contributed by atoms with Gasteiger partial charge in [0.1, 0.15) is 6.33 Å². The van der Waals surface area contributed by atoms with E-state index < -0.39 is 0 Å². The number of nitrogens with one attached hydrogen (secondary N) is 1. The monoisotopic (exact) mass is 292 g/mol. The van der Waals surface area contributed by atoms with Crippen LogP contribution in [-0.4, -0.2) is 27.8 Å². The van der Waals surface area contributed by atoms with Crippen molar-refractivity contribution in [2.45, 2.75) is 29.8 Å². The number of hydrogen-bond donors (Lipinski definition) is 2. The van der Waals surface area contributed by atoms with Crippen LogP contribution in [0.15, 0.2) is 34.6 Å². The van der Waals surface area contributed by atoms with Gasteiger partial charge in [-0.15, -0.1) is 0 Å². The van der Waals surface area contributed by atoms with Gasteiger partial charge in [0.05, 0.1) is 12.2 Å². The first-order valence-electron chi connectivity index (χ1n) is 6.30. The lowest BCUT2D eigenvalue weighted by atomic mass is 10.2. The van der Waals surface area contributed by atoms with E-state index in [1.165, 1.54) is 18.1 Å². The first-order valence-corrected chi connectivity index (χ1v) is 7.12. The minimum Gasteiger partial charge on any atom is -0.462 e. The molecule has 0 fully saturated rings. The number of unbranched alkanes of at least 4 members (excludes halogenated alkanes) is 1. The van der Waals surface area contributed by atoms with Crippen molar-refractivity contribution in [3.63, 3.8) is 0 Å². The van der Waals surface area contributed by atoms with Gasteiger partial charge in [-0.05, 0) is 36.4 Å². The molecule has 0 amide bonds. The highest BCUT2D eigenvalue weighted by atomic mass is 32.2. The summed E-state index contributed by atoms with van der Waals surface area (Å²) in [6.07, 6.45) is 3.28. The second-order valence-corrected chi connectivity index (χ2v) is 5.17. The van der Waals surface area contributed by atoms with Crippen LogP contribution in [0.25, 0.3) is 0 Å². The van der Waals surface area contributed by atoms with Crippen molar-refractivity contribution in [3.05, 3.63) is 30.1 Å². The molecule has 6 nitrogen and oxygen atoms in total. The van der Waals surface area contributed by atoms with Crippen molar-refractivity contribution in [2.24, 2.45) is 0 Å². The third kappa shape index (κ3) is 3.74. The summed E-state index contributed by atoms with van der Waals surface area (Å²) in [6, 6.07) is 5.09. The van der Waals surface area contributed by atoms with Gasteiger partial charge in [-0.3, -0.25) is 5.10 Å². The lowest BCUT2D eigenvalue weighted by molar-refractivity contribution is 0.0499. The van der Waals surface area contributed by atoms with Gasteiger partial charge in [0, 0.05) is 10.6 Å². The number of ether oxygens (including phenoxy) is 1. The number of carbonyl (C=O) groups excluding carboxylic acids is 1. The van der Waals surface area contributed by atoms with Crippen LogP contribution in [0.4, 0.5) is 5.69 Å². The summed E-state index contributed by atoms with van der Waals surface area (Å²) in [5.74, 6) is -0.346. The molecule has 0 saturated carbocycles. The molecule has 0 aliphatic carbocycles. The Kier molecular flexibility index (Phi) is 5.00. The Morgan fingerprint density at radius 3 is 3.00 bits per heavy atom. The average molecular weight is 292 g/mol. The summed E-state index contributed by atoms with van der Waals surface area (Å²) in [7, 11) is 0. The van der Waals surface area contributed by atoms with Gasteiger partial charge in [0.2, 0.25) is 0 Å². The van der Waals surface area contributed by atoms with Crippen LogP contribution >= 0.6 is 11.8 Å². The highest BCUT2D eigenvalue weighted by molar-refractivity contribution is 7.99. The third-order valence-corrected chi connectivity index (χ3v) is 3.56. The second-order valence-electron chi connectivity index (χ2n) is 4.13. The molecule has 0 bridgehead atoms. The number of nitrogens with zero attached hydrogens (tertiary/aromatic N) is 2. The van der Waals surface area contributed by atoms with Crippen molar-refractivity contribution >= 4 is 23.4 Å². The smallest absolute Gasteiger partial charge is 0.338 e. The normalized spacial score (nSPS) is 10.4. The maximum atomic E-state index is 11.8. The fourth-order valence-corrected chi connectivity index (χ4v) is 2.23. The van der Waals surface area contributed by atoms with Gasteiger partial charge < -0.3 is 10.5 Å². The Bertz CT molecular complexity index is 572. The Morgan fingerprint density at radius 2 is 2.35 bits per heavy atom. The molecular formula is C13H16N4O2S. The molecular weight excluding hydrogens is 276 g/mol. The van der Waals surface area contributed by atoms with E-state index in [9.17, 15) is 4.79 Å². The predicted octanol–water partition coefficient (Wildman–Crippen LogP) is 2.50. The number of nitrogen functional groups attached to an aromatic ring is 1. The third-order valence-electron chi connectivity index (χ3n) is 2.58. The fraction of sp³-hybridized carbons (Fsp3) is 0.308. The SMILES string of the molecule is CCCCOC(=O)c1ccc(Sc2ncn[nH]2)c(N)c1. The van der Waals surface area contributed by atoms with E-state index in [0.29, 0.717) is 23.0 Å². The van der Waals surface area contributed by atoms with Gasteiger partial charge in [0.15, 0.2) is 5.16 Å². The van der Waals surface area contributed by atoms with Crippen LogP contribution < -0.4 is 5.73 Å². The van der Waals surface area contributed by atoms with Crippen molar-refractivity contribution in [3.8, 4) is 0 Å². The molecule has 20 heavy (non-hydrogen) atoms. The molecule has 1 aromatic heterocycles. The number of carbonyl (C=O) groups is 1. The van der Waals surface area contributed by atoms with Gasteiger partial charge in [0.25, 0.3) is 0 Å². The van der Waals surface area contributed by atoms with Crippen LogP contribution in [0.2, 0.25) is 0 Å². The quantitative estimate of drug-likeness (QED) is 0.482. The van der Waals surface area contributed by atoms with Gasteiger partial charge in [-0.2, -0.15) is 5.10 Å². The molecule has 2 aromatic rings. The minimum absolute atomic E-state index is 0.346. The number of hydrogen-bond acceptors (Lipinski definition) is 6. The molecule has 3 N–H and O–H groups in total. The van der Waals surface area contributed by atoms with E-state index in [1.807, 2.05) is 6.92 Å². The highest BCUT2D eigenvalue weighted by Gasteiger charge is 2.11. The molecule has 0 aliphatic heterocycles. The molecule has 0 spiro atoms. The number of anilines is 1. The van der Waals surface area contributed by atoms with E-state index in [1.54, 1.807) is 18.2 Å². The maximum absolute atomic E-state index is 11.8. The molecule has 0 aliphatic rings. The second kappa shape index (κ2) is 6.95. The summed E-state index contributed by atoms with van der Waals surface area (Å²) in [4.78, 5) is 16.6. The highest BCUT2D eigenvalue weighted by Crippen LogP contribution is 2.30. The predicted molar refractivity (Wildman–Crippen MR) is 76.6 cm³/mol. The Labute approximate surface area is 121 Å². The number of nitrogens with two attached hydrogens (primary N) is 1. The van der Waals surface area contributed by atoms with Crippen molar-refractivity contribution < 1.29 is 9.53 Å². The number of rotatable bonds is 6. The van der Waals surface area contributed by atoms with E-state index in [-0.39, 0.29) is 5.97 Å². The summed E-state index contributed by atoms with van der Waals surface area (Å²) >= 11 is 1.36. The van der Waals surface area contributed by atoms with Crippen molar-refractivity contribution in [2.75, 3.05) is 12.3 Å². The van der Waals surface area contributed by atoms with Gasteiger partial charge >= 0.3 is 5.97 Å². The minimum atomic E-state index is -0.346. The zero-order valence-corrected chi connectivity index (χ0v) is 11.9. The van der Waals surface area contributed by atoms with Crippen LogP contribution in [0.1, 0.15) is 30.1 Å². The van der Waals surface area contributed by atoms with Crippen molar-refractivity contribution in [1.29, 1.82) is 0 Å².